The number of pyridine rings is 1. The highest BCUT2D eigenvalue weighted by atomic mass is 35.5. The molecule has 2 heterocycles. The van der Waals surface area contributed by atoms with Crippen LogP contribution in [-0.2, 0) is 6.54 Å². The van der Waals surface area contributed by atoms with Gasteiger partial charge >= 0.3 is 6.03 Å². The number of thioether (sulfide) groups is 2. The summed E-state index contributed by atoms with van der Waals surface area (Å²) < 4.78 is 6.43. The Morgan fingerprint density at radius 3 is 2.54 bits per heavy atom. The van der Waals surface area contributed by atoms with E-state index in [1.807, 2.05) is 81.0 Å². The summed E-state index contributed by atoms with van der Waals surface area (Å²) in [5.41, 5.74) is 5.54. The number of urea groups is 1. The van der Waals surface area contributed by atoms with Crippen LogP contribution < -0.4 is 10.2 Å². The second-order valence-electron chi connectivity index (χ2n) is 8.57. The van der Waals surface area contributed by atoms with Crippen LogP contribution in [0.15, 0.2) is 75.0 Å². The van der Waals surface area contributed by atoms with E-state index in [-0.39, 0.29) is 12.6 Å². The molecule has 8 heteroatoms. The lowest BCUT2D eigenvalue weighted by molar-refractivity contribution is 0.246. The smallest absolute Gasteiger partial charge is 0.322 e. The van der Waals surface area contributed by atoms with Crippen molar-refractivity contribution in [2.24, 2.45) is 0 Å². The predicted octanol–water partition coefficient (Wildman–Crippen LogP) is 8.50. The van der Waals surface area contributed by atoms with Crippen molar-refractivity contribution in [1.29, 1.82) is 0 Å². The number of allylic oxidation sites excluding steroid dienone is 1. The van der Waals surface area contributed by atoms with Crippen LogP contribution in [0.1, 0.15) is 23.9 Å². The van der Waals surface area contributed by atoms with Crippen LogP contribution in [0, 0.1) is 13.8 Å². The van der Waals surface area contributed by atoms with Crippen molar-refractivity contribution in [3.8, 4) is 11.1 Å². The molecule has 0 radical (unpaired) electrons. The second-order valence-corrected chi connectivity index (χ2v) is 10.7. The molecule has 0 aliphatic heterocycles. The first-order valence-electron chi connectivity index (χ1n) is 11.9. The Hall–Kier alpha value is -2.87. The maximum Gasteiger partial charge on any atom is 0.322 e. The molecule has 0 fully saturated rings. The molecule has 0 saturated carbocycles. The number of nitrogens with zero attached hydrogens (tertiary/aromatic N) is 2. The van der Waals surface area contributed by atoms with Crippen molar-refractivity contribution in [2.45, 2.75) is 37.2 Å². The summed E-state index contributed by atoms with van der Waals surface area (Å²) >= 11 is 9.33. The molecule has 0 aliphatic carbocycles. The Morgan fingerprint density at radius 2 is 1.86 bits per heavy atom. The maximum absolute atomic E-state index is 13.7. The molecule has 0 spiro atoms. The first-order chi connectivity index (χ1) is 17.9. The zero-order valence-electron chi connectivity index (χ0n) is 21.6. The zero-order chi connectivity index (χ0) is 26.5. The number of nitrogens with one attached hydrogen (secondary N) is 1. The molecule has 4 rings (SSSR count). The molecule has 0 bridgehead atoms. The van der Waals surface area contributed by atoms with Gasteiger partial charge in [-0.05, 0) is 69.2 Å². The topological polar surface area (TPSA) is 58.4 Å². The molecule has 0 aliphatic rings. The molecular formula is C29H30ClN3O2S2. The van der Waals surface area contributed by atoms with Crippen LogP contribution in [0.2, 0.25) is 5.02 Å². The predicted molar refractivity (Wildman–Crippen MR) is 158 cm³/mol. The van der Waals surface area contributed by atoms with Crippen molar-refractivity contribution < 1.29 is 9.21 Å². The average Bonchev–Trinajstić information content (AvgIpc) is 3.24. The molecule has 192 valence electrons. The molecule has 37 heavy (non-hydrogen) atoms. The number of amides is 2. The Labute approximate surface area is 231 Å². The molecular weight excluding hydrogens is 522 g/mol. The number of aromatic nitrogens is 1. The van der Waals surface area contributed by atoms with Gasteiger partial charge in [-0.3, -0.25) is 4.90 Å². The monoisotopic (exact) mass is 551 g/mol. The van der Waals surface area contributed by atoms with Gasteiger partial charge in [0.2, 0.25) is 0 Å². The van der Waals surface area contributed by atoms with Crippen LogP contribution in [0.25, 0.3) is 22.1 Å². The molecule has 2 amide bonds. The summed E-state index contributed by atoms with van der Waals surface area (Å²) in [4.78, 5) is 21.2. The highest BCUT2D eigenvalue weighted by Gasteiger charge is 2.27. The maximum atomic E-state index is 13.7. The molecule has 2 aromatic heterocycles. The number of hydrogen-bond acceptors (Lipinski definition) is 5. The fourth-order valence-corrected chi connectivity index (χ4v) is 5.75. The van der Waals surface area contributed by atoms with Crippen LogP contribution in [0.4, 0.5) is 10.5 Å². The third-order valence-electron chi connectivity index (χ3n) is 5.94. The van der Waals surface area contributed by atoms with Gasteiger partial charge in [0, 0.05) is 33.1 Å². The van der Waals surface area contributed by atoms with Crippen molar-refractivity contribution >= 4 is 57.8 Å². The molecule has 0 saturated heterocycles. The highest BCUT2D eigenvalue weighted by molar-refractivity contribution is 7.99. The van der Waals surface area contributed by atoms with Gasteiger partial charge in [-0.2, -0.15) is 0 Å². The molecule has 4 aromatic rings. The Balaban J connectivity index is 1.91. The van der Waals surface area contributed by atoms with E-state index in [0.717, 1.165) is 49.0 Å². The number of fused-ring (bicyclic) bond motifs is 1. The van der Waals surface area contributed by atoms with Gasteiger partial charge in [0.25, 0.3) is 0 Å². The van der Waals surface area contributed by atoms with Gasteiger partial charge in [-0.15, -0.1) is 23.5 Å². The van der Waals surface area contributed by atoms with Crippen molar-refractivity contribution in [2.75, 3.05) is 24.0 Å². The van der Waals surface area contributed by atoms with E-state index in [0.29, 0.717) is 17.3 Å². The molecule has 5 nitrogen and oxygen atoms in total. The highest BCUT2D eigenvalue weighted by Crippen LogP contribution is 2.41. The van der Waals surface area contributed by atoms with E-state index in [1.165, 1.54) is 11.8 Å². The molecule has 2 aromatic carbocycles. The van der Waals surface area contributed by atoms with Crippen LogP contribution in [0.3, 0.4) is 0 Å². The molecule has 0 atom stereocenters. The fourth-order valence-electron chi connectivity index (χ4n) is 4.22. The lowest BCUT2D eigenvalue weighted by atomic mass is 10.0. The van der Waals surface area contributed by atoms with Gasteiger partial charge in [0.05, 0.1) is 12.2 Å². The molecule has 1 N–H and O–H groups in total. The quantitative estimate of drug-likeness (QED) is 0.176. The number of furan rings is 1. The van der Waals surface area contributed by atoms with Crippen LogP contribution in [0.5, 0.6) is 0 Å². The van der Waals surface area contributed by atoms with Crippen LogP contribution in [-0.4, -0.2) is 30.1 Å². The van der Waals surface area contributed by atoms with E-state index < -0.39 is 0 Å². The molecule has 0 unspecified atom stereocenters. The van der Waals surface area contributed by atoms with E-state index >= 15 is 0 Å². The van der Waals surface area contributed by atoms with E-state index in [1.54, 1.807) is 16.7 Å². The number of carbonyl (C=O) groups is 1. The Bertz CT molecular complexity index is 1420. The summed E-state index contributed by atoms with van der Waals surface area (Å²) in [6, 6.07) is 15.7. The Morgan fingerprint density at radius 1 is 1.11 bits per heavy atom. The van der Waals surface area contributed by atoms with Crippen LogP contribution >= 0.6 is 35.1 Å². The van der Waals surface area contributed by atoms with Gasteiger partial charge < -0.3 is 9.73 Å². The number of anilines is 1. The van der Waals surface area contributed by atoms with Crippen molar-refractivity contribution in [1.82, 2.24) is 10.3 Å². The second kappa shape index (κ2) is 12.1. The van der Waals surface area contributed by atoms with Gasteiger partial charge in [0.1, 0.15) is 16.4 Å². The lowest BCUT2D eigenvalue weighted by Crippen LogP contribution is -2.40. The first kappa shape index (κ1) is 27.2. The van der Waals surface area contributed by atoms with E-state index in [2.05, 4.69) is 18.3 Å². The Kier molecular flexibility index (Phi) is 8.90. The van der Waals surface area contributed by atoms with E-state index in [9.17, 15) is 4.79 Å². The SMILES string of the molecule is CC=CCNC(=O)N(Cc1oc2ccc(C)cc2c1-c1ccc(Cl)cc1)c1c(SC)cc(C)nc1SC. The summed E-state index contributed by atoms with van der Waals surface area (Å²) in [6.45, 7) is 6.63. The third kappa shape index (κ3) is 6.00. The van der Waals surface area contributed by atoms with Gasteiger partial charge in [0.15, 0.2) is 0 Å². The van der Waals surface area contributed by atoms with Gasteiger partial charge in [-0.25, -0.2) is 9.78 Å². The first-order valence-corrected chi connectivity index (χ1v) is 14.7. The van der Waals surface area contributed by atoms with Gasteiger partial charge in [-0.1, -0.05) is 47.5 Å². The minimum absolute atomic E-state index is 0.215. The lowest BCUT2D eigenvalue weighted by Gasteiger charge is -2.26. The van der Waals surface area contributed by atoms with E-state index in [4.69, 9.17) is 21.0 Å². The summed E-state index contributed by atoms with van der Waals surface area (Å²) in [5, 5.41) is 5.49. The fraction of sp³-hybridized carbons (Fsp3) is 0.241. The normalized spacial score (nSPS) is 11.4. The zero-order valence-corrected chi connectivity index (χ0v) is 24.0. The largest absolute Gasteiger partial charge is 0.458 e. The van der Waals surface area contributed by atoms with Crippen molar-refractivity contribution in [3.63, 3.8) is 0 Å². The number of hydrogen-bond donors (Lipinski definition) is 1. The number of aryl methyl sites for hydroxylation is 2. The summed E-state index contributed by atoms with van der Waals surface area (Å²) in [5.74, 6) is 0.698. The number of rotatable bonds is 8. The number of halogens is 1. The summed E-state index contributed by atoms with van der Waals surface area (Å²) in [7, 11) is 0. The number of benzene rings is 2. The van der Waals surface area contributed by atoms with Crippen molar-refractivity contribution in [3.05, 3.63) is 82.7 Å². The minimum atomic E-state index is -0.215. The number of carbonyl (C=O) groups excluding carboxylic acids is 1. The average molecular weight is 552 g/mol. The standard InChI is InChI=1S/C29H30ClN3O2S2/c1-6-7-14-31-29(34)33(27-25(36-4)16-19(3)32-28(27)37-5)17-24-26(20-9-11-21(30)12-10-20)22-15-18(2)8-13-23(22)35-24/h6-13,15-16H,14,17H2,1-5H3,(H,31,34). The minimum Gasteiger partial charge on any atom is -0.458 e. The third-order valence-corrected chi connectivity index (χ3v) is 7.61. The summed E-state index contributed by atoms with van der Waals surface area (Å²) in [6.07, 6.45) is 7.83.